The van der Waals surface area contributed by atoms with Crippen LogP contribution in [0.3, 0.4) is 0 Å². The van der Waals surface area contributed by atoms with Crippen LogP contribution in [0, 0.1) is 11.3 Å². The topological polar surface area (TPSA) is 55.8 Å². The monoisotopic (exact) mass is 519 g/mol. The van der Waals surface area contributed by atoms with Gasteiger partial charge in [-0.3, -0.25) is 9.63 Å². The van der Waals surface area contributed by atoms with Crippen molar-refractivity contribution < 1.29 is 19.2 Å². The van der Waals surface area contributed by atoms with Crippen LogP contribution in [0.4, 0.5) is 5.69 Å². The van der Waals surface area contributed by atoms with Crippen LogP contribution in [-0.4, -0.2) is 23.5 Å². The Hall–Kier alpha value is -2.70. The van der Waals surface area contributed by atoms with E-state index in [0.29, 0.717) is 12.0 Å². The molecule has 0 N–H and O–H groups in total. The molecule has 2 aromatic rings. The van der Waals surface area contributed by atoms with Crippen molar-refractivity contribution in [2.75, 3.05) is 5.06 Å². The lowest BCUT2D eigenvalue weighted by Crippen LogP contribution is -2.47. The number of fused-ring (bicyclic) bond motifs is 4. The zero-order valence-electron chi connectivity index (χ0n) is 19.2. The Labute approximate surface area is 207 Å². The van der Waals surface area contributed by atoms with E-state index < -0.39 is 11.7 Å². The van der Waals surface area contributed by atoms with E-state index in [1.165, 1.54) is 0 Å². The van der Waals surface area contributed by atoms with E-state index in [1.54, 1.807) is 6.08 Å². The number of ether oxygens (including phenoxy) is 1. The highest BCUT2D eigenvalue weighted by Gasteiger charge is 2.67. The summed E-state index contributed by atoms with van der Waals surface area (Å²) in [5.74, 6) is -0.477. The minimum absolute atomic E-state index is 0.00360. The number of hydrogen-bond donors (Lipinski definition) is 0. The Morgan fingerprint density at radius 2 is 1.79 bits per heavy atom. The van der Waals surface area contributed by atoms with Crippen molar-refractivity contribution in [3.8, 4) is 0 Å². The van der Waals surface area contributed by atoms with Gasteiger partial charge in [-0.1, -0.05) is 59.3 Å². The minimum atomic E-state index is -1.09. The number of hydroxylamine groups is 1. The standard InChI is InChI=1S/C28H26BrNO4/c1-17-23(31)13-15-27(2)14-12-21-25(24(17)27)33-26(32)28(21)16-22(18-8-10-19(29)11-9-18)30(34-28)20-6-4-3-5-7-20/h3-11,13,15,21-22,25H,12,14,16H2,1-2H3/t21-,22+,25+,27+,28+/m1/s1. The Balaban J connectivity index is 1.43. The summed E-state index contributed by atoms with van der Waals surface area (Å²) in [6.45, 7) is 4.00. The van der Waals surface area contributed by atoms with Crippen LogP contribution in [0.25, 0.3) is 0 Å². The second kappa shape index (κ2) is 7.65. The van der Waals surface area contributed by atoms with Crippen molar-refractivity contribution in [2.45, 2.75) is 50.9 Å². The number of allylic oxidation sites excluding steroid dienone is 3. The van der Waals surface area contributed by atoms with Gasteiger partial charge in [-0.15, -0.1) is 0 Å². The van der Waals surface area contributed by atoms with Crippen molar-refractivity contribution >= 4 is 33.4 Å². The molecule has 6 rings (SSSR count). The zero-order chi connectivity index (χ0) is 23.7. The number of hydrogen-bond acceptors (Lipinski definition) is 5. The summed E-state index contributed by atoms with van der Waals surface area (Å²) >= 11 is 3.52. The minimum Gasteiger partial charge on any atom is -0.455 e. The molecule has 5 atom stereocenters. The van der Waals surface area contributed by atoms with Crippen LogP contribution >= 0.6 is 15.9 Å². The van der Waals surface area contributed by atoms with E-state index in [4.69, 9.17) is 9.57 Å². The van der Waals surface area contributed by atoms with Crippen molar-refractivity contribution in [2.24, 2.45) is 11.3 Å². The molecule has 2 heterocycles. The number of carbonyl (C=O) groups is 2. The first-order valence-electron chi connectivity index (χ1n) is 11.8. The SMILES string of the molecule is CC1=C2[C@H]3OC(=O)[C@]4(C[C@@H](c5ccc(Br)cc5)N(c5ccccc5)O4)[C@@H]3CC[C@@]2(C)C=CC1=O. The van der Waals surface area contributed by atoms with E-state index in [-0.39, 0.29) is 29.1 Å². The molecular weight excluding hydrogens is 494 g/mol. The summed E-state index contributed by atoms with van der Waals surface area (Å²) < 4.78 is 7.10. The van der Waals surface area contributed by atoms with Gasteiger partial charge in [0.1, 0.15) is 6.10 Å². The lowest BCUT2D eigenvalue weighted by atomic mass is 9.60. The van der Waals surface area contributed by atoms with E-state index >= 15 is 0 Å². The first kappa shape index (κ1) is 21.8. The van der Waals surface area contributed by atoms with Crippen molar-refractivity contribution in [1.82, 2.24) is 0 Å². The van der Waals surface area contributed by atoms with Crippen molar-refractivity contribution in [3.63, 3.8) is 0 Å². The Morgan fingerprint density at radius 3 is 2.53 bits per heavy atom. The lowest BCUT2D eigenvalue weighted by Gasteiger charge is -2.44. The molecule has 0 unspecified atom stereocenters. The van der Waals surface area contributed by atoms with Gasteiger partial charge in [0.15, 0.2) is 5.78 Å². The van der Waals surface area contributed by atoms with Gasteiger partial charge in [0.25, 0.3) is 0 Å². The number of ketones is 1. The molecule has 3 fully saturated rings. The number of esters is 1. The van der Waals surface area contributed by atoms with Gasteiger partial charge in [0.05, 0.1) is 11.7 Å². The molecule has 0 bridgehead atoms. The molecule has 0 radical (unpaired) electrons. The second-order valence-electron chi connectivity index (χ2n) is 10.0. The third-order valence-corrected chi connectivity index (χ3v) is 8.63. The third kappa shape index (κ3) is 3.08. The first-order valence-corrected chi connectivity index (χ1v) is 12.6. The zero-order valence-corrected chi connectivity index (χ0v) is 20.7. The van der Waals surface area contributed by atoms with E-state index in [2.05, 4.69) is 35.0 Å². The molecule has 2 aliphatic heterocycles. The summed E-state index contributed by atoms with van der Waals surface area (Å²) in [4.78, 5) is 32.9. The Morgan fingerprint density at radius 1 is 1.06 bits per heavy atom. The molecule has 1 saturated carbocycles. The van der Waals surface area contributed by atoms with Crippen molar-refractivity contribution in [1.29, 1.82) is 0 Å². The Kier molecular flexibility index (Phi) is 4.91. The van der Waals surface area contributed by atoms with Crippen LogP contribution in [0.1, 0.15) is 44.7 Å². The molecule has 1 spiro atoms. The number of anilines is 1. The van der Waals surface area contributed by atoms with Crippen LogP contribution in [0.5, 0.6) is 0 Å². The summed E-state index contributed by atoms with van der Waals surface area (Å²) in [5.41, 5.74) is 2.27. The summed E-state index contributed by atoms with van der Waals surface area (Å²) in [6.07, 6.45) is 5.35. The van der Waals surface area contributed by atoms with Gasteiger partial charge in [-0.05, 0) is 61.2 Å². The van der Waals surface area contributed by atoms with Crippen molar-refractivity contribution in [3.05, 3.63) is 87.9 Å². The molecule has 0 aromatic heterocycles. The highest BCUT2D eigenvalue weighted by atomic mass is 79.9. The normalized spacial score (nSPS) is 34.4. The lowest BCUT2D eigenvalue weighted by molar-refractivity contribution is -0.157. The largest absolute Gasteiger partial charge is 0.455 e. The van der Waals surface area contributed by atoms with E-state index in [1.807, 2.05) is 60.5 Å². The molecule has 34 heavy (non-hydrogen) atoms. The van der Waals surface area contributed by atoms with E-state index in [0.717, 1.165) is 34.1 Å². The van der Waals surface area contributed by atoms with Crippen LogP contribution < -0.4 is 5.06 Å². The van der Waals surface area contributed by atoms with Crippen LogP contribution in [0.2, 0.25) is 0 Å². The number of para-hydroxylation sites is 1. The second-order valence-corrected chi connectivity index (χ2v) is 11.0. The molecular formula is C28H26BrNO4. The van der Waals surface area contributed by atoms with Gasteiger partial charge in [-0.2, -0.15) is 0 Å². The third-order valence-electron chi connectivity index (χ3n) is 8.10. The van der Waals surface area contributed by atoms with Gasteiger partial charge in [0, 0.05) is 27.8 Å². The maximum atomic E-state index is 13.6. The number of benzene rings is 2. The smallest absolute Gasteiger partial charge is 0.342 e. The summed E-state index contributed by atoms with van der Waals surface area (Å²) in [6, 6.07) is 17.9. The van der Waals surface area contributed by atoms with E-state index in [9.17, 15) is 9.59 Å². The fourth-order valence-corrected chi connectivity index (χ4v) is 6.58. The highest BCUT2D eigenvalue weighted by Crippen LogP contribution is 2.59. The average Bonchev–Trinajstić information content (AvgIpc) is 3.36. The average molecular weight is 520 g/mol. The number of nitrogens with zero attached hydrogens (tertiary/aromatic N) is 1. The predicted molar refractivity (Wildman–Crippen MR) is 132 cm³/mol. The molecule has 5 nitrogen and oxygen atoms in total. The van der Waals surface area contributed by atoms with Crippen LogP contribution in [0.15, 0.2) is 82.4 Å². The molecule has 2 saturated heterocycles. The van der Waals surface area contributed by atoms with Gasteiger partial charge in [-0.25, -0.2) is 9.86 Å². The van der Waals surface area contributed by atoms with Gasteiger partial charge >= 0.3 is 5.97 Å². The fourth-order valence-electron chi connectivity index (χ4n) is 6.32. The molecule has 2 aliphatic carbocycles. The number of carbonyl (C=O) groups excluding carboxylic acids is 2. The molecule has 4 aliphatic rings. The quantitative estimate of drug-likeness (QED) is 0.464. The molecule has 6 heteroatoms. The predicted octanol–water partition coefficient (Wildman–Crippen LogP) is 5.87. The van der Waals surface area contributed by atoms with Crippen LogP contribution in [-0.2, 0) is 19.2 Å². The summed E-state index contributed by atoms with van der Waals surface area (Å²) in [5, 5.41) is 1.88. The maximum Gasteiger partial charge on any atom is 0.342 e. The number of rotatable bonds is 2. The maximum absolute atomic E-state index is 13.6. The highest BCUT2D eigenvalue weighted by molar-refractivity contribution is 9.10. The summed E-state index contributed by atoms with van der Waals surface area (Å²) in [7, 11) is 0. The van der Waals surface area contributed by atoms with Gasteiger partial charge in [0.2, 0.25) is 5.60 Å². The van der Waals surface area contributed by atoms with Gasteiger partial charge < -0.3 is 4.74 Å². The molecule has 2 aromatic carbocycles. The first-order chi connectivity index (χ1) is 16.3. The Bertz CT molecular complexity index is 1240. The molecule has 174 valence electrons. The molecule has 0 amide bonds. The fraction of sp³-hybridized carbons (Fsp3) is 0.357. The number of halogens is 1.